The standard InChI is InChI=1S/C25H26N4O2S/c1-18-8-9-20(16-19(18)2)24(30)27-22(17-21-6-5-15-32-21)25(31)29-13-11-28(12-14-29)23-7-3-4-10-26-23/h3-10,15-17H,11-14H2,1-2H3,(H,27,30). The van der Waals surface area contributed by atoms with Crippen LogP contribution >= 0.6 is 11.3 Å². The van der Waals surface area contributed by atoms with Crippen LogP contribution in [0.1, 0.15) is 26.4 Å². The molecule has 0 radical (unpaired) electrons. The van der Waals surface area contributed by atoms with Crippen molar-refractivity contribution in [1.29, 1.82) is 0 Å². The van der Waals surface area contributed by atoms with E-state index < -0.39 is 0 Å². The highest BCUT2D eigenvalue weighted by atomic mass is 32.1. The van der Waals surface area contributed by atoms with E-state index in [0.717, 1.165) is 21.8 Å². The predicted octanol–water partition coefficient (Wildman–Crippen LogP) is 3.88. The summed E-state index contributed by atoms with van der Waals surface area (Å²) >= 11 is 1.53. The predicted molar refractivity (Wildman–Crippen MR) is 129 cm³/mol. The van der Waals surface area contributed by atoms with Gasteiger partial charge in [-0.15, -0.1) is 11.3 Å². The molecular weight excluding hydrogens is 420 g/mol. The normalized spacial score (nSPS) is 14.4. The molecule has 6 nitrogen and oxygen atoms in total. The van der Waals surface area contributed by atoms with E-state index in [9.17, 15) is 9.59 Å². The van der Waals surface area contributed by atoms with Gasteiger partial charge in [0.15, 0.2) is 0 Å². The second-order valence-electron chi connectivity index (χ2n) is 7.79. The van der Waals surface area contributed by atoms with Gasteiger partial charge in [-0.3, -0.25) is 9.59 Å². The SMILES string of the molecule is Cc1ccc(C(=O)NC(=Cc2cccs2)C(=O)N2CCN(c3ccccn3)CC2)cc1C. The maximum atomic E-state index is 13.4. The van der Waals surface area contributed by atoms with Gasteiger partial charge in [-0.1, -0.05) is 18.2 Å². The van der Waals surface area contributed by atoms with Crippen LogP contribution in [0.25, 0.3) is 6.08 Å². The maximum absolute atomic E-state index is 13.4. The molecule has 2 amide bonds. The molecule has 3 heterocycles. The van der Waals surface area contributed by atoms with Gasteiger partial charge in [0.1, 0.15) is 11.5 Å². The van der Waals surface area contributed by atoms with Crippen LogP contribution in [0, 0.1) is 13.8 Å². The highest BCUT2D eigenvalue weighted by molar-refractivity contribution is 7.10. The highest BCUT2D eigenvalue weighted by Gasteiger charge is 2.25. The minimum Gasteiger partial charge on any atom is -0.353 e. The lowest BCUT2D eigenvalue weighted by Crippen LogP contribution is -2.50. The average molecular weight is 447 g/mol. The summed E-state index contributed by atoms with van der Waals surface area (Å²) < 4.78 is 0. The summed E-state index contributed by atoms with van der Waals surface area (Å²) in [6, 6.07) is 15.2. The van der Waals surface area contributed by atoms with Gasteiger partial charge in [0, 0.05) is 42.8 Å². The number of aryl methyl sites for hydroxylation is 2. The Morgan fingerprint density at radius 1 is 1.00 bits per heavy atom. The molecule has 0 spiro atoms. The van der Waals surface area contributed by atoms with Gasteiger partial charge in [0.2, 0.25) is 0 Å². The lowest BCUT2D eigenvalue weighted by molar-refractivity contribution is -0.127. The number of thiophene rings is 1. The van der Waals surface area contributed by atoms with Crippen molar-refractivity contribution >= 4 is 35.0 Å². The summed E-state index contributed by atoms with van der Waals surface area (Å²) in [5.41, 5.74) is 3.00. The summed E-state index contributed by atoms with van der Waals surface area (Å²) in [6.07, 6.45) is 3.54. The minimum atomic E-state index is -0.281. The molecule has 1 saturated heterocycles. The number of hydrogen-bond acceptors (Lipinski definition) is 5. The fraction of sp³-hybridized carbons (Fsp3) is 0.240. The fourth-order valence-corrected chi connectivity index (χ4v) is 4.25. The first kappa shape index (κ1) is 21.8. The molecule has 0 atom stereocenters. The molecular formula is C25H26N4O2S. The number of nitrogens with one attached hydrogen (secondary N) is 1. The van der Waals surface area contributed by atoms with Gasteiger partial charge in [0.05, 0.1) is 0 Å². The molecule has 0 unspecified atom stereocenters. The van der Waals surface area contributed by atoms with E-state index >= 15 is 0 Å². The van der Waals surface area contributed by atoms with Gasteiger partial charge in [0.25, 0.3) is 11.8 Å². The smallest absolute Gasteiger partial charge is 0.270 e. The van der Waals surface area contributed by atoms with E-state index in [0.29, 0.717) is 37.4 Å². The van der Waals surface area contributed by atoms with Crippen LogP contribution < -0.4 is 10.2 Å². The zero-order chi connectivity index (χ0) is 22.5. The number of aromatic nitrogens is 1. The molecule has 0 aliphatic carbocycles. The van der Waals surface area contributed by atoms with E-state index in [1.807, 2.05) is 61.7 Å². The van der Waals surface area contributed by atoms with Crippen molar-refractivity contribution in [2.45, 2.75) is 13.8 Å². The number of piperazine rings is 1. The van der Waals surface area contributed by atoms with Crippen LogP contribution in [0.3, 0.4) is 0 Å². The summed E-state index contributed by atoms with van der Waals surface area (Å²) in [7, 11) is 0. The number of anilines is 1. The summed E-state index contributed by atoms with van der Waals surface area (Å²) in [5.74, 6) is 0.463. The molecule has 0 bridgehead atoms. The first-order chi connectivity index (χ1) is 15.5. The van der Waals surface area contributed by atoms with E-state index in [1.54, 1.807) is 23.2 Å². The van der Waals surface area contributed by atoms with Crippen molar-refractivity contribution in [3.05, 3.63) is 87.4 Å². The Kier molecular flexibility index (Phi) is 6.66. The second-order valence-corrected chi connectivity index (χ2v) is 8.77. The lowest BCUT2D eigenvalue weighted by atomic mass is 10.1. The second kappa shape index (κ2) is 9.78. The summed E-state index contributed by atoms with van der Waals surface area (Å²) in [5, 5.41) is 4.82. The van der Waals surface area contributed by atoms with Crippen molar-refractivity contribution in [2.24, 2.45) is 0 Å². The number of hydrogen-bond donors (Lipinski definition) is 1. The molecule has 4 rings (SSSR count). The van der Waals surface area contributed by atoms with Gasteiger partial charge < -0.3 is 15.1 Å². The number of pyridine rings is 1. The van der Waals surface area contributed by atoms with Crippen LogP contribution in [-0.2, 0) is 4.79 Å². The average Bonchev–Trinajstić information content (AvgIpc) is 3.34. The Labute approximate surface area is 192 Å². The topological polar surface area (TPSA) is 65.5 Å². The molecule has 7 heteroatoms. The molecule has 32 heavy (non-hydrogen) atoms. The van der Waals surface area contributed by atoms with Crippen LogP contribution in [0.4, 0.5) is 5.82 Å². The Morgan fingerprint density at radius 2 is 1.81 bits per heavy atom. The van der Waals surface area contributed by atoms with Gasteiger partial charge >= 0.3 is 0 Å². The first-order valence-electron chi connectivity index (χ1n) is 10.6. The van der Waals surface area contributed by atoms with E-state index in [1.165, 1.54) is 11.3 Å². The monoisotopic (exact) mass is 446 g/mol. The molecule has 1 aromatic carbocycles. The van der Waals surface area contributed by atoms with Crippen molar-refractivity contribution in [3.8, 4) is 0 Å². The first-order valence-corrected chi connectivity index (χ1v) is 11.5. The molecule has 1 aliphatic rings. The van der Waals surface area contributed by atoms with Crippen LogP contribution in [0.2, 0.25) is 0 Å². The number of nitrogens with zero attached hydrogens (tertiary/aromatic N) is 3. The molecule has 1 N–H and O–H groups in total. The number of benzene rings is 1. The van der Waals surface area contributed by atoms with E-state index in [4.69, 9.17) is 0 Å². The largest absolute Gasteiger partial charge is 0.353 e. The summed E-state index contributed by atoms with van der Waals surface area (Å²) in [4.78, 5) is 35.6. The lowest BCUT2D eigenvalue weighted by Gasteiger charge is -2.35. The van der Waals surface area contributed by atoms with Gasteiger partial charge in [-0.25, -0.2) is 4.98 Å². The van der Waals surface area contributed by atoms with E-state index in [2.05, 4.69) is 15.2 Å². The van der Waals surface area contributed by atoms with Crippen molar-refractivity contribution < 1.29 is 9.59 Å². The van der Waals surface area contributed by atoms with Crippen LogP contribution in [-0.4, -0.2) is 47.9 Å². The molecule has 3 aromatic rings. The molecule has 2 aromatic heterocycles. The van der Waals surface area contributed by atoms with Crippen molar-refractivity contribution in [1.82, 2.24) is 15.2 Å². The van der Waals surface area contributed by atoms with Crippen LogP contribution in [0.15, 0.2) is 65.8 Å². The van der Waals surface area contributed by atoms with Gasteiger partial charge in [-0.2, -0.15) is 0 Å². The van der Waals surface area contributed by atoms with Crippen molar-refractivity contribution in [3.63, 3.8) is 0 Å². The summed E-state index contributed by atoms with van der Waals surface area (Å²) in [6.45, 7) is 6.50. The number of carbonyl (C=O) groups is 2. The zero-order valence-electron chi connectivity index (χ0n) is 18.2. The van der Waals surface area contributed by atoms with Crippen LogP contribution in [0.5, 0.6) is 0 Å². The Bertz CT molecular complexity index is 1120. The molecule has 164 valence electrons. The Hall–Kier alpha value is -3.45. The third-order valence-corrected chi connectivity index (χ3v) is 6.44. The Balaban J connectivity index is 1.50. The molecule has 0 saturated carbocycles. The van der Waals surface area contributed by atoms with E-state index in [-0.39, 0.29) is 11.8 Å². The van der Waals surface area contributed by atoms with Crippen molar-refractivity contribution in [2.75, 3.05) is 31.1 Å². The number of carbonyl (C=O) groups excluding carboxylic acids is 2. The third kappa shape index (κ3) is 5.06. The number of amides is 2. The maximum Gasteiger partial charge on any atom is 0.270 e. The third-order valence-electron chi connectivity index (χ3n) is 5.62. The highest BCUT2D eigenvalue weighted by Crippen LogP contribution is 2.18. The molecule has 1 aliphatic heterocycles. The number of rotatable bonds is 5. The quantitative estimate of drug-likeness (QED) is 0.604. The molecule has 1 fully saturated rings. The van der Waals surface area contributed by atoms with Gasteiger partial charge in [-0.05, 0) is 66.8 Å². The minimum absolute atomic E-state index is 0.170. The fourth-order valence-electron chi connectivity index (χ4n) is 3.59. The Morgan fingerprint density at radius 3 is 2.47 bits per heavy atom. The zero-order valence-corrected chi connectivity index (χ0v) is 19.1.